The summed E-state index contributed by atoms with van der Waals surface area (Å²) in [5.74, 6) is 1.71. The van der Waals surface area contributed by atoms with Gasteiger partial charge in [-0.25, -0.2) is 4.98 Å². The summed E-state index contributed by atoms with van der Waals surface area (Å²) in [6.07, 6.45) is 0.815. The van der Waals surface area contributed by atoms with E-state index in [0.717, 1.165) is 37.4 Å². The Hall–Kier alpha value is -0.330. The first-order chi connectivity index (χ1) is 10.1. The highest BCUT2D eigenvalue weighted by molar-refractivity contribution is 14.1. The molecule has 21 heavy (non-hydrogen) atoms. The van der Waals surface area contributed by atoms with Gasteiger partial charge in [-0.2, -0.15) is 0 Å². The topological polar surface area (TPSA) is 21.1 Å². The quantitative estimate of drug-likeness (QED) is 0.492. The molecule has 5 heteroatoms. The number of imidazole rings is 1. The van der Waals surface area contributed by atoms with Gasteiger partial charge in [-0.3, -0.25) is 0 Å². The van der Waals surface area contributed by atoms with Gasteiger partial charge in [-0.15, -0.1) is 11.6 Å². The number of aromatic nitrogens is 2. The molecule has 1 aromatic heterocycles. The second kappa shape index (κ2) is 7.79. The number of hydrogen-bond donors (Lipinski definition) is 0. The van der Waals surface area contributed by atoms with E-state index in [0.29, 0.717) is 11.9 Å². The van der Waals surface area contributed by atoms with Crippen LogP contribution >= 0.6 is 34.2 Å². The molecule has 2 aromatic rings. The molecule has 0 fully saturated rings. The van der Waals surface area contributed by atoms with Gasteiger partial charge in [-0.1, -0.05) is 13.8 Å². The van der Waals surface area contributed by atoms with Crippen LogP contribution in [0, 0.1) is 3.57 Å². The van der Waals surface area contributed by atoms with E-state index in [1.54, 1.807) is 0 Å². The van der Waals surface area contributed by atoms with Crippen LogP contribution in [-0.2, 0) is 6.42 Å². The third-order valence-electron chi connectivity index (χ3n) is 3.90. The van der Waals surface area contributed by atoms with Gasteiger partial charge in [-0.05, 0) is 60.8 Å². The number of rotatable bonds is 7. The molecule has 0 amide bonds. The molecule has 0 spiro atoms. The molecule has 0 aliphatic carbocycles. The van der Waals surface area contributed by atoms with Crippen LogP contribution < -0.4 is 0 Å². The van der Waals surface area contributed by atoms with Gasteiger partial charge < -0.3 is 9.47 Å². The highest BCUT2D eigenvalue weighted by Crippen LogP contribution is 2.24. The molecule has 0 saturated carbocycles. The van der Waals surface area contributed by atoms with Gasteiger partial charge >= 0.3 is 0 Å². The van der Waals surface area contributed by atoms with Crippen molar-refractivity contribution in [1.29, 1.82) is 0 Å². The van der Waals surface area contributed by atoms with E-state index < -0.39 is 0 Å². The van der Waals surface area contributed by atoms with Gasteiger partial charge in [0.1, 0.15) is 5.82 Å². The Balaban J connectivity index is 2.41. The number of halogens is 2. The lowest BCUT2D eigenvalue weighted by Crippen LogP contribution is -2.30. The summed E-state index contributed by atoms with van der Waals surface area (Å²) in [5.41, 5.74) is 2.30. The van der Waals surface area contributed by atoms with Crippen molar-refractivity contribution in [3.63, 3.8) is 0 Å². The highest BCUT2D eigenvalue weighted by Gasteiger charge is 2.17. The number of aryl methyl sites for hydroxylation is 1. The largest absolute Gasteiger partial charge is 0.324 e. The average molecular weight is 420 g/mol. The fourth-order valence-electron chi connectivity index (χ4n) is 2.81. The SMILES string of the molecule is CCN(CC)CC(C)n1c(CCCl)nc2cc(I)ccc21. The van der Waals surface area contributed by atoms with Crippen molar-refractivity contribution in [2.24, 2.45) is 0 Å². The van der Waals surface area contributed by atoms with E-state index in [1.165, 1.54) is 9.09 Å². The van der Waals surface area contributed by atoms with Crippen LogP contribution in [0.2, 0.25) is 0 Å². The first-order valence-electron chi connectivity index (χ1n) is 7.55. The number of nitrogens with zero attached hydrogens (tertiary/aromatic N) is 3. The molecule has 0 N–H and O–H groups in total. The standard InChI is InChI=1S/C16H23ClIN3/c1-4-20(5-2)11-12(3)21-15-7-6-13(18)10-14(15)19-16(21)8-9-17/h6-7,10,12H,4-5,8-9,11H2,1-3H3. The van der Waals surface area contributed by atoms with Gasteiger partial charge in [0, 0.05) is 28.5 Å². The minimum Gasteiger partial charge on any atom is -0.324 e. The molecule has 0 aliphatic heterocycles. The minimum absolute atomic E-state index is 0.396. The van der Waals surface area contributed by atoms with Gasteiger partial charge in [0.25, 0.3) is 0 Å². The molecular weight excluding hydrogens is 397 g/mol. The summed E-state index contributed by atoms with van der Waals surface area (Å²) in [5, 5.41) is 0. The van der Waals surface area contributed by atoms with Crippen molar-refractivity contribution < 1.29 is 0 Å². The third-order valence-corrected chi connectivity index (χ3v) is 4.76. The Morgan fingerprint density at radius 2 is 2.05 bits per heavy atom. The number of alkyl halides is 1. The number of likely N-dealkylation sites (N-methyl/N-ethyl adjacent to an activating group) is 1. The van der Waals surface area contributed by atoms with Gasteiger partial charge in [0.2, 0.25) is 0 Å². The Bertz CT molecular complexity index is 592. The van der Waals surface area contributed by atoms with Crippen molar-refractivity contribution in [1.82, 2.24) is 14.5 Å². The Morgan fingerprint density at radius 3 is 2.67 bits per heavy atom. The fourth-order valence-corrected chi connectivity index (χ4v) is 3.46. The predicted octanol–water partition coefficient (Wildman–Crippen LogP) is 4.33. The zero-order chi connectivity index (χ0) is 15.4. The first kappa shape index (κ1) is 17.0. The molecule has 3 nitrogen and oxygen atoms in total. The minimum atomic E-state index is 0.396. The van der Waals surface area contributed by atoms with E-state index in [1.807, 2.05) is 0 Å². The molecule has 0 aliphatic rings. The Kier molecular flexibility index (Phi) is 6.32. The van der Waals surface area contributed by atoms with Crippen LogP contribution in [0.5, 0.6) is 0 Å². The number of fused-ring (bicyclic) bond motifs is 1. The van der Waals surface area contributed by atoms with Crippen molar-refractivity contribution in [2.75, 3.05) is 25.5 Å². The monoisotopic (exact) mass is 419 g/mol. The van der Waals surface area contributed by atoms with E-state index in [4.69, 9.17) is 16.6 Å². The lowest BCUT2D eigenvalue weighted by molar-refractivity contribution is 0.261. The highest BCUT2D eigenvalue weighted by atomic mass is 127. The van der Waals surface area contributed by atoms with Crippen LogP contribution in [0.1, 0.15) is 32.6 Å². The number of benzene rings is 1. The van der Waals surface area contributed by atoms with Crippen molar-refractivity contribution in [3.8, 4) is 0 Å². The molecule has 1 unspecified atom stereocenters. The van der Waals surface area contributed by atoms with Crippen molar-refractivity contribution >= 4 is 45.2 Å². The number of hydrogen-bond acceptors (Lipinski definition) is 2. The summed E-state index contributed by atoms with van der Waals surface area (Å²) < 4.78 is 3.59. The molecular formula is C16H23ClIN3. The van der Waals surface area contributed by atoms with E-state index in [-0.39, 0.29) is 0 Å². The van der Waals surface area contributed by atoms with Crippen LogP contribution in [0.4, 0.5) is 0 Å². The molecule has 0 radical (unpaired) electrons. The van der Waals surface area contributed by atoms with Crippen LogP contribution in [0.15, 0.2) is 18.2 Å². The molecule has 2 rings (SSSR count). The summed E-state index contributed by atoms with van der Waals surface area (Å²) in [6, 6.07) is 6.87. The molecule has 116 valence electrons. The molecule has 0 bridgehead atoms. The molecule has 1 heterocycles. The Morgan fingerprint density at radius 1 is 1.33 bits per heavy atom. The van der Waals surface area contributed by atoms with Crippen LogP contribution in [-0.4, -0.2) is 40.0 Å². The van der Waals surface area contributed by atoms with Crippen molar-refractivity contribution in [3.05, 3.63) is 27.6 Å². The van der Waals surface area contributed by atoms with Gasteiger partial charge in [0.05, 0.1) is 11.0 Å². The lowest BCUT2D eigenvalue weighted by atomic mass is 10.2. The van der Waals surface area contributed by atoms with Crippen molar-refractivity contribution in [2.45, 2.75) is 33.2 Å². The van der Waals surface area contributed by atoms with E-state index in [2.05, 4.69) is 71.0 Å². The lowest BCUT2D eigenvalue weighted by Gasteiger charge is -2.25. The maximum absolute atomic E-state index is 5.97. The fraction of sp³-hybridized carbons (Fsp3) is 0.562. The summed E-state index contributed by atoms with van der Waals surface area (Å²) >= 11 is 8.30. The smallest absolute Gasteiger partial charge is 0.111 e. The van der Waals surface area contributed by atoms with E-state index >= 15 is 0 Å². The van der Waals surface area contributed by atoms with E-state index in [9.17, 15) is 0 Å². The second-order valence-electron chi connectivity index (χ2n) is 5.30. The second-order valence-corrected chi connectivity index (χ2v) is 6.93. The zero-order valence-corrected chi connectivity index (χ0v) is 15.9. The third kappa shape index (κ3) is 3.90. The summed E-state index contributed by atoms with van der Waals surface area (Å²) in [6.45, 7) is 9.90. The maximum Gasteiger partial charge on any atom is 0.111 e. The van der Waals surface area contributed by atoms with Crippen LogP contribution in [0.3, 0.4) is 0 Å². The first-order valence-corrected chi connectivity index (χ1v) is 9.16. The van der Waals surface area contributed by atoms with Gasteiger partial charge in [0.15, 0.2) is 0 Å². The maximum atomic E-state index is 5.97. The summed E-state index contributed by atoms with van der Waals surface area (Å²) in [7, 11) is 0. The molecule has 0 saturated heterocycles. The Labute approximate surface area is 145 Å². The summed E-state index contributed by atoms with van der Waals surface area (Å²) in [4.78, 5) is 7.25. The predicted molar refractivity (Wildman–Crippen MR) is 99.4 cm³/mol. The normalized spacial score (nSPS) is 13.2. The molecule has 1 atom stereocenters. The molecule has 1 aromatic carbocycles. The average Bonchev–Trinajstić information content (AvgIpc) is 2.82. The van der Waals surface area contributed by atoms with Crippen LogP contribution in [0.25, 0.3) is 11.0 Å². The zero-order valence-electron chi connectivity index (χ0n) is 12.9.